The largest absolute Gasteiger partial charge is 0.444 e. The van der Waals surface area contributed by atoms with Gasteiger partial charge in [0.25, 0.3) is 0 Å². The van der Waals surface area contributed by atoms with Gasteiger partial charge in [-0.3, -0.25) is 0 Å². The zero-order valence-corrected chi connectivity index (χ0v) is 27.2. The van der Waals surface area contributed by atoms with Crippen LogP contribution in [-0.2, 0) is 20.8 Å². The van der Waals surface area contributed by atoms with Gasteiger partial charge in [-0.15, -0.1) is 0 Å². The highest BCUT2D eigenvalue weighted by Gasteiger charge is 2.51. The smallest absolute Gasteiger partial charge is 0.421 e. The summed E-state index contributed by atoms with van der Waals surface area (Å²) in [5.74, 6) is -0.309. The van der Waals surface area contributed by atoms with Crippen molar-refractivity contribution in [1.82, 2.24) is 14.9 Å². The Morgan fingerprint density at radius 2 is 1.69 bits per heavy atom. The molecule has 0 atom stereocenters. The third-order valence-electron chi connectivity index (χ3n) is 9.22. The maximum atomic E-state index is 13.8. The number of piperidine rings is 2. The van der Waals surface area contributed by atoms with Crippen LogP contribution in [0.4, 0.5) is 35.4 Å². The summed E-state index contributed by atoms with van der Waals surface area (Å²) in [5, 5.41) is 12.7. The first-order valence-electron chi connectivity index (χ1n) is 15.3. The molecule has 2 N–H and O–H groups in total. The van der Waals surface area contributed by atoms with E-state index in [1.807, 2.05) is 20.8 Å². The summed E-state index contributed by atoms with van der Waals surface area (Å²) >= 11 is 0. The van der Waals surface area contributed by atoms with Gasteiger partial charge in [-0.25, -0.2) is 18.2 Å². The molecule has 248 valence electrons. The zero-order valence-electron chi connectivity index (χ0n) is 26.4. The van der Waals surface area contributed by atoms with Crippen LogP contribution < -0.4 is 10.2 Å². The Balaban J connectivity index is 1.25. The van der Waals surface area contributed by atoms with Crippen LogP contribution in [0.15, 0.2) is 29.3 Å². The molecule has 45 heavy (non-hydrogen) atoms. The topological polar surface area (TPSA) is 125 Å². The average molecular weight is 654 g/mol. The first-order chi connectivity index (χ1) is 20.8. The van der Waals surface area contributed by atoms with Crippen LogP contribution in [0.1, 0.15) is 77.3 Å². The van der Waals surface area contributed by atoms with Gasteiger partial charge in [-0.2, -0.15) is 18.2 Å². The fourth-order valence-corrected chi connectivity index (χ4v) is 8.49. The summed E-state index contributed by atoms with van der Waals surface area (Å²) in [5.41, 5.74) is -1.52. The number of alkyl halides is 3. The molecule has 3 fully saturated rings. The van der Waals surface area contributed by atoms with Crippen LogP contribution in [0.3, 0.4) is 0 Å². The number of hydrogen-bond acceptors (Lipinski definition) is 9. The molecule has 1 saturated carbocycles. The maximum absolute atomic E-state index is 13.8. The van der Waals surface area contributed by atoms with Gasteiger partial charge in [0.1, 0.15) is 17.0 Å². The van der Waals surface area contributed by atoms with Gasteiger partial charge >= 0.3 is 12.3 Å². The number of carbonyl (C=O) groups is 1. The Kier molecular flexibility index (Phi) is 8.56. The van der Waals surface area contributed by atoms with Crippen LogP contribution >= 0.6 is 0 Å². The lowest BCUT2D eigenvalue weighted by atomic mass is 9.63. The second-order valence-corrected chi connectivity index (χ2v) is 16.3. The summed E-state index contributed by atoms with van der Waals surface area (Å²) < 4.78 is 73.9. The molecule has 3 aliphatic rings. The SMILES string of the molecule is Cc1cc(S(=O)(=O)C2CC3(CCN(C(=O)OC(C)(C)C)CC3)C2)ccc1Nc1ncc(C(F)(F)F)c(N2CCC(C)(O)CC2)n1. The van der Waals surface area contributed by atoms with Crippen LogP contribution in [0.5, 0.6) is 0 Å². The standard InChI is InChI=1S/C31H42F3N5O5S/c1-20-16-21(45(42,43)22-17-30(18-22)10-14-39(15-11-30)27(40)44-28(2,3)4)6-7-24(20)36-26-35-19-23(31(32,33)34)25(37-26)38-12-8-29(5,41)9-13-38/h6-7,16,19,22,41H,8-15,17-18H2,1-5H3,(H,35,36,37). The summed E-state index contributed by atoms with van der Waals surface area (Å²) in [7, 11) is -3.61. The normalized spacial score (nSPS) is 20.6. The molecular weight excluding hydrogens is 611 g/mol. The van der Waals surface area contributed by atoms with Crippen LogP contribution in [-0.4, -0.2) is 77.1 Å². The molecule has 3 heterocycles. The summed E-state index contributed by atoms with van der Waals surface area (Å²) in [6, 6.07) is 4.64. The molecule has 5 rings (SSSR count). The van der Waals surface area contributed by atoms with Crippen molar-refractivity contribution < 1.29 is 36.2 Å². The van der Waals surface area contributed by atoms with Crippen molar-refractivity contribution in [3.8, 4) is 0 Å². The fraction of sp³-hybridized carbons (Fsp3) is 0.645. The number of ether oxygens (including phenoxy) is 1. The van der Waals surface area contributed by atoms with Crippen LogP contribution in [0.2, 0.25) is 0 Å². The van der Waals surface area contributed by atoms with E-state index in [2.05, 4.69) is 15.3 Å². The summed E-state index contributed by atoms with van der Waals surface area (Å²) in [6.45, 7) is 10.3. The zero-order chi connectivity index (χ0) is 33.0. The van der Waals surface area contributed by atoms with E-state index in [0.29, 0.717) is 50.0 Å². The molecule has 2 saturated heterocycles. The summed E-state index contributed by atoms with van der Waals surface area (Å²) in [4.78, 5) is 23.9. The van der Waals surface area contributed by atoms with Gasteiger partial charge in [0.15, 0.2) is 9.84 Å². The summed E-state index contributed by atoms with van der Waals surface area (Å²) in [6.07, 6.45) is -1.13. The molecule has 1 aliphatic carbocycles. The van der Waals surface area contributed by atoms with Crippen LogP contribution in [0.25, 0.3) is 0 Å². The third kappa shape index (κ3) is 7.32. The van der Waals surface area contributed by atoms with E-state index in [4.69, 9.17) is 4.74 Å². The Hall–Kier alpha value is -3.13. The Bertz CT molecular complexity index is 1530. The first-order valence-corrected chi connectivity index (χ1v) is 16.8. The predicted molar refractivity (Wildman–Crippen MR) is 163 cm³/mol. The monoisotopic (exact) mass is 653 g/mol. The number of aromatic nitrogens is 2. The lowest BCUT2D eigenvalue weighted by Crippen LogP contribution is -2.53. The van der Waals surface area contributed by atoms with E-state index in [-0.39, 0.29) is 41.3 Å². The minimum Gasteiger partial charge on any atom is -0.444 e. The number of halogens is 3. The molecule has 2 aliphatic heterocycles. The van der Waals surface area contributed by atoms with Crippen molar-refractivity contribution in [1.29, 1.82) is 0 Å². The number of rotatable bonds is 5. The fourth-order valence-electron chi connectivity index (χ4n) is 6.36. The molecule has 1 aromatic carbocycles. The molecule has 0 bridgehead atoms. The van der Waals surface area contributed by atoms with E-state index in [1.165, 1.54) is 11.0 Å². The minimum atomic E-state index is -4.66. The van der Waals surface area contributed by atoms with Gasteiger partial charge < -0.3 is 25.0 Å². The Labute approximate surface area is 262 Å². The predicted octanol–water partition coefficient (Wildman–Crippen LogP) is 5.85. The number of benzene rings is 1. The molecule has 0 radical (unpaired) electrons. The van der Waals surface area contributed by atoms with E-state index in [0.717, 1.165) is 19.0 Å². The molecular formula is C31H42F3N5O5S. The molecule has 2 aromatic rings. The van der Waals surface area contributed by atoms with E-state index >= 15 is 0 Å². The van der Waals surface area contributed by atoms with Gasteiger partial charge in [-0.05, 0) is 102 Å². The molecule has 14 heteroatoms. The lowest BCUT2D eigenvalue weighted by molar-refractivity contribution is -0.137. The number of nitrogens with one attached hydrogen (secondary N) is 1. The maximum Gasteiger partial charge on any atom is 0.421 e. The number of anilines is 3. The highest BCUT2D eigenvalue weighted by Crippen LogP contribution is 2.53. The van der Waals surface area contributed by atoms with Crippen molar-refractivity contribution >= 4 is 33.4 Å². The highest BCUT2D eigenvalue weighted by molar-refractivity contribution is 7.92. The van der Waals surface area contributed by atoms with Crippen molar-refractivity contribution in [3.05, 3.63) is 35.5 Å². The third-order valence-corrected chi connectivity index (χ3v) is 11.3. The van der Waals surface area contributed by atoms with Crippen molar-refractivity contribution in [2.45, 2.75) is 101 Å². The first kappa shape index (κ1) is 33.2. The van der Waals surface area contributed by atoms with Crippen molar-refractivity contribution in [3.63, 3.8) is 0 Å². The number of likely N-dealkylation sites (tertiary alicyclic amines) is 1. The van der Waals surface area contributed by atoms with Crippen LogP contribution in [0, 0.1) is 12.3 Å². The number of amides is 1. The number of carbonyl (C=O) groups excluding carboxylic acids is 1. The quantitative estimate of drug-likeness (QED) is 0.409. The number of aliphatic hydroxyl groups is 1. The number of hydrogen-bond donors (Lipinski definition) is 2. The minimum absolute atomic E-state index is 0.0484. The molecule has 1 amide bonds. The second kappa shape index (κ2) is 11.6. The van der Waals surface area contributed by atoms with Crippen molar-refractivity contribution in [2.75, 3.05) is 36.4 Å². The van der Waals surface area contributed by atoms with Gasteiger partial charge in [0, 0.05) is 38.1 Å². The average Bonchev–Trinajstić information content (AvgIpc) is 2.91. The van der Waals surface area contributed by atoms with Gasteiger partial charge in [-0.1, -0.05) is 0 Å². The molecule has 1 aromatic heterocycles. The van der Waals surface area contributed by atoms with Crippen molar-refractivity contribution in [2.24, 2.45) is 5.41 Å². The van der Waals surface area contributed by atoms with E-state index < -0.39 is 38.0 Å². The molecule has 10 nitrogen and oxygen atoms in total. The van der Waals surface area contributed by atoms with E-state index in [1.54, 1.807) is 30.9 Å². The number of sulfone groups is 1. The second-order valence-electron chi connectivity index (χ2n) is 14.1. The van der Waals surface area contributed by atoms with Gasteiger partial charge in [0.05, 0.1) is 15.7 Å². The highest BCUT2D eigenvalue weighted by atomic mass is 32.2. The molecule has 1 spiro atoms. The molecule has 0 unspecified atom stereocenters. The number of aryl methyl sites for hydroxylation is 1. The Morgan fingerprint density at radius 1 is 1.07 bits per heavy atom. The van der Waals surface area contributed by atoms with E-state index in [9.17, 15) is 31.5 Å². The number of nitrogens with zero attached hydrogens (tertiary/aromatic N) is 4. The van der Waals surface area contributed by atoms with Gasteiger partial charge in [0.2, 0.25) is 5.95 Å². The Morgan fingerprint density at radius 3 is 2.24 bits per heavy atom. The lowest BCUT2D eigenvalue weighted by Gasteiger charge is -2.51.